The molecular weight excluding hydrogens is 248 g/mol. The average molecular weight is 268 g/mol. The number of nitrogens with two attached hydrogens (primary N) is 1. The summed E-state index contributed by atoms with van der Waals surface area (Å²) >= 11 is 0. The van der Waals surface area contributed by atoms with Gasteiger partial charge in [-0.3, -0.25) is 5.84 Å². The second-order valence-corrected chi connectivity index (χ2v) is 4.36. The molecule has 2 heterocycles. The minimum Gasteiger partial charge on any atom is -0.480 e. The summed E-state index contributed by atoms with van der Waals surface area (Å²) in [5, 5.41) is 0. The molecule has 3 N–H and O–H groups in total. The van der Waals surface area contributed by atoms with Gasteiger partial charge in [-0.05, 0) is 19.3 Å². The van der Waals surface area contributed by atoms with E-state index in [1.807, 2.05) is 0 Å². The normalized spacial score (nSPS) is 20.9. The van der Waals surface area contributed by atoms with Crippen LogP contribution >= 0.6 is 0 Å². The molecule has 0 bridgehead atoms. The highest BCUT2D eigenvalue weighted by atomic mass is 16.5. The Morgan fingerprint density at radius 3 is 2.84 bits per heavy atom. The predicted octanol–water partition coefficient (Wildman–Crippen LogP) is 0.567. The number of methoxy groups -OCH3 is 2. The van der Waals surface area contributed by atoms with Crippen LogP contribution in [0.25, 0.3) is 0 Å². The summed E-state index contributed by atoms with van der Waals surface area (Å²) in [5.74, 6) is 6.45. The lowest BCUT2D eigenvalue weighted by atomic mass is 10.00. The van der Waals surface area contributed by atoms with Crippen LogP contribution in [-0.2, 0) is 4.74 Å². The van der Waals surface area contributed by atoms with Gasteiger partial charge >= 0.3 is 0 Å². The fourth-order valence-electron chi connectivity index (χ4n) is 2.22. The Morgan fingerprint density at radius 2 is 2.26 bits per heavy atom. The van der Waals surface area contributed by atoms with Crippen LogP contribution in [0.5, 0.6) is 11.8 Å². The summed E-state index contributed by atoms with van der Waals surface area (Å²) in [7, 11) is 3.08. The average Bonchev–Trinajstić information content (AvgIpc) is 2.49. The fourth-order valence-corrected chi connectivity index (χ4v) is 2.22. The number of nitrogens with one attached hydrogen (secondary N) is 1. The maximum Gasteiger partial charge on any atom is 0.240 e. The quantitative estimate of drug-likeness (QED) is 0.595. The molecule has 1 aliphatic rings. The standard InChI is InChI=1S/C12H20N4O3/c1-17-9-7-14-11(12(15-9)18-2)10(16-13)8-5-3-4-6-19-8/h7-8,10,16H,3-6,13H2,1-2H3. The van der Waals surface area contributed by atoms with E-state index >= 15 is 0 Å². The van der Waals surface area contributed by atoms with E-state index in [0.29, 0.717) is 17.5 Å². The lowest BCUT2D eigenvalue weighted by Gasteiger charge is -2.29. The van der Waals surface area contributed by atoms with Crippen molar-refractivity contribution >= 4 is 0 Å². The second kappa shape index (κ2) is 6.65. The van der Waals surface area contributed by atoms with Crippen molar-refractivity contribution in [3.8, 4) is 11.8 Å². The third-order valence-corrected chi connectivity index (χ3v) is 3.21. The molecule has 0 amide bonds. The minimum absolute atomic E-state index is 0.0182. The summed E-state index contributed by atoms with van der Waals surface area (Å²) in [6.07, 6.45) is 4.67. The van der Waals surface area contributed by atoms with Crippen molar-refractivity contribution in [3.05, 3.63) is 11.9 Å². The van der Waals surface area contributed by atoms with E-state index < -0.39 is 0 Å². The van der Waals surface area contributed by atoms with Crippen molar-refractivity contribution in [3.63, 3.8) is 0 Å². The van der Waals surface area contributed by atoms with Gasteiger partial charge in [0, 0.05) is 6.61 Å². The first kappa shape index (κ1) is 14.0. The summed E-state index contributed by atoms with van der Waals surface area (Å²) < 4.78 is 16.0. The van der Waals surface area contributed by atoms with Crippen LogP contribution in [0, 0.1) is 0 Å². The number of hydrogen-bond donors (Lipinski definition) is 2. The Labute approximate surface area is 112 Å². The van der Waals surface area contributed by atoms with Crippen molar-refractivity contribution in [2.24, 2.45) is 5.84 Å². The largest absolute Gasteiger partial charge is 0.480 e. The van der Waals surface area contributed by atoms with Crippen LogP contribution in [-0.4, -0.2) is 36.9 Å². The monoisotopic (exact) mass is 268 g/mol. The van der Waals surface area contributed by atoms with E-state index in [2.05, 4.69) is 15.4 Å². The van der Waals surface area contributed by atoms with Crippen molar-refractivity contribution in [2.45, 2.75) is 31.4 Å². The Bertz CT molecular complexity index is 410. The number of ether oxygens (including phenoxy) is 3. The molecular formula is C12H20N4O3. The zero-order valence-corrected chi connectivity index (χ0v) is 11.3. The van der Waals surface area contributed by atoms with Crippen molar-refractivity contribution in [2.75, 3.05) is 20.8 Å². The van der Waals surface area contributed by atoms with Crippen LogP contribution < -0.4 is 20.7 Å². The van der Waals surface area contributed by atoms with Crippen molar-refractivity contribution < 1.29 is 14.2 Å². The van der Waals surface area contributed by atoms with Crippen molar-refractivity contribution in [1.82, 2.24) is 15.4 Å². The van der Waals surface area contributed by atoms with Crippen LogP contribution in [0.2, 0.25) is 0 Å². The van der Waals surface area contributed by atoms with E-state index in [9.17, 15) is 0 Å². The van der Waals surface area contributed by atoms with E-state index in [1.54, 1.807) is 13.3 Å². The lowest BCUT2D eigenvalue weighted by molar-refractivity contribution is -0.00975. The molecule has 7 nitrogen and oxygen atoms in total. The zero-order valence-electron chi connectivity index (χ0n) is 11.3. The molecule has 19 heavy (non-hydrogen) atoms. The molecule has 2 unspecified atom stereocenters. The molecule has 1 fully saturated rings. The fraction of sp³-hybridized carbons (Fsp3) is 0.667. The first-order valence-electron chi connectivity index (χ1n) is 6.32. The number of hydrogen-bond acceptors (Lipinski definition) is 7. The van der Waals surface area contributed by atoms with Gasteiger partial charge < -0.3 is 14.2 Å². The zero-order chi connectivity index (χ0) is 13.7. The molecule has 7 heteroatoms. The van der Waals surface area contributed by atoms with Gasteiger partial charge in [0.05, 0.1) is 32.6 Å². The molecule has 1 saturated heterocycles. The van der Waals surface area contributed by atoms with Crippen LogP contribution in [0.4, 0.5) is 0 Å². The van der Waals surface area contributed by atoms with Crippen molar-refractivity contribution in [1.29, 1.82) is 0 Å². The molecule has 0 radical (unpaired) electrons. The molecule has 2 rings (SSSR count). The van der Waals surface area contributed by atoms with Gasteiger partial charge in [-0.25, -0.2) is 10.4 Å². The molecule has 0 spiro atoms. The number of hydrazine groups is 1. The third kappa shape index (κ3) is 3.12. The summed E-state index contributed by atoms with van der Waals surface area (Å²) in [6.45, 7) is 0.745. The summed E-state index contributed by atoms with van der Waals surface area (Å²) in [6, 6.07) is -0.242. The van der Waals surface area contributed by atoms with E-state index in [1.165, 1.54) is 7.11 Å². The number of rotatable bonds is 5. The first-order chi connectivity index (χ1) is 9.30. The van der Waals surface area contributed by atoms with Gasteiger partial charge in [-0.1, -0.05) is 0 Å². The molecule has 1 aromatic rings. The first-order valence-corrected chi connectivity index (χ1v) is 6.32. The van der Waals surface area contributed by atoms with E-state index in [-0.39, 0.29) is 12.1 Å². The minimum atomic E-state index is -0.242. The van der Waals surface area contributed by atoms with Crippen LogP contribution in [0.1, 0.15) is 31.0 Å². The van der Waals surface area contributed by atoms with Gasteiger partial charge in [0.2, 0.25) is 11.8 Å². The Morgan fingerprint density at radius 1 is 1.42 bits per heavy atom. The van der Waals surface area contributed by atoms with Crippen LogP contribution in [0.3, 0.4) is 0 Å². The summed E-state index contributed by atoms with van der Waals surface area (Å²) in [4.78, 5) is 8.55. The maximum atomic E-state index is 5.74. The maximum absolute atomic E-state index is 5.74. The molecule has 0 aliphatic carbocycles. The SMILES string of the molecule is COc1cnc(C(NN)C2CCCCO2)c(OC)n1. The molecule has 0 aromatic carbocycles. The van der Waals surface area contributed by atoms with Crippen LogP contribution in [0.15, 0.2) is 6.20 Å². The van der Waals surface area contributed by atoms with E-state index in [4.69, 9.17) is 20.1 Å². The molecule has 1 aromatic heterocycles. The third-order valence-electron chi connectivity index (χ3n) is 3.21. The Balaban J connectivity index is 2.26. The highest BCUT2D eigenvalue weighted by molar-refractivity contribution is 5.26. The smallest absolute Gasteiger partial charge is 0.240 e. The molecule has 0 saturated carbocycles. The molecule has 1 aliphatic heterocycles. The summed E-state index contributed by atoms with van der Waals surface area (Å²) in [5.41, 5.74) is 3.39. The van der Waals surface area contributed by atoms with Gasteiger partial charge in [-0.15, -0.1) is 0 Å². The van der Waals surface area contributed by atoms with Gasteiger partial charge in [0.25, 0.3) is 0 Å². The van der Waals surface area contributed by atoms with E-state index in [0.717, 1.165) is 25.9 Å². The Hall–Kier alpha value is -1.44. The molecule has 2 atom stereocenters. The highest BCUT2D eigenvalue weighted by Crippen LogP contribution is 2.30. The molecule has 106 valence electrons. The van der Waals surface area contributed by atoms with Gasteiger partial charge in [-0.2, -0.15) is 4.98 Å². The highest BCUT2D eigenvalue weighted by Gasteiger charge is 2.29. The topological polar surface area (TPSA) is 91.5 Å². The number of nitrogens with zero attached hydrogens (tertiary/aromatic N) is 2. The lowest BCUT2D eigenvalue weighted by Crippen LogP contribution is -2.40. The second-order valence-electron chi connectivity index (χ2n) is 4.36. The van der Waals surface area contributed by atoms with Gasteiger partial charge in [0.15, 0.2) is 0 Å². The Kier molecular flexibility index (Phi) is 4.89. The van der Waals surface area contributed by atoms with Gasteiger partial charge in [0.1, 0.15) is 5.69 Å². The number of aromatic nitrogens is 2. The predicted molar refractivity (Wildman–Crippen MR) is 68.8 cm³/mol.